The molecule has 0 spiro atoms. The van der Waals surface area contributed by atoms with Crippen molar-refractivity contribution in [1.29, 1.82) is 0 Å². The number of anilines is 1. The fraction of sp³-hybridized carbons (Fsp3) is 0.304. The van der Waals surface area contributed by atoms with Crippen LogP contribution in [-0.2, 0) is 10.0 Å². The van der Waals surface area contributed by atoms with Crippen molar-refractivity contribution in [1.82, 2.24) is 13.9 Å². The first-order chi connectivity index (χ1) is 15.4. The minimum absolute atomic E-state index is 0.186. The highest BCUT2D eigenvalue weighted by Crippen LogP contribution is 2.23. The molecular formula is C23H26N4O4S. The Morgan fingerprint density at radius 2 is 1.62 bits per heavy atom. The number of imidazole rings is 1. The fourth-order valence-corrected chi connectivity index (χ4v) is 5.45. The van der Waals surface area contributed by atoms with Crippen molar-refractivity contribution in [2.24, 2.45) is 0 Å². The number of aromatic nitrogens is 2. The van der Waals surface area contributed by atoms with Gasteiger partial charge in [0.1, 0.15) is 0 Å². The van der Waals surface area contributed by atoms with E-state index in [9.17, 15) is 18.0 Å². The zero-order valence-electron chi connectivity index (χ0n) is 17.9. The zero-order chi connectivity index (χ0) is 22.7. The third-order valence-corrected chi connectivity index (χ3v) is 7.59. The molecule has 9 heteroatoms. The van der Waals surface area contributed by atoms with E-state index < -0.39 is 15.9 Å². The molecule has 2 heterocycles. The van der Waals surface area contributed by atoms with Gasteiger partial charge < -0.3 is 10.3 Å². The monoisotopic (exact) mass is 454 g/mol. The summed E-state index contributed by atoms with van der Waals surface area (Å²) in [7, 11) is -3.57. The largest absolute Gasteiger partial charge is 0.330 e. The first kappa shape index (κ1) is 22.0. The molecule has 0 bridgehead atoms. The van der Waals surface area contributed by atoms with Crippen LogP contribution < -0.4 is 11.0 Å². The van der Waals surface area contributed by atoms with Crippen molar-refractivity contribution in [3.05, 3.63) is 76.5 Å². The van der Waals surface area contributed by atoms with Crippen molar-refractivity contribution >= 4 is 21.6 Å². The lowest BCUT2D eigenvalue weighted by atomic mass is 10.2. The average molecular weight is 455 g/mol. The topological polar surface area (TPSA) is 104 Å². The highest BCUT2D eigenvalue weighted by molar-refractivity contribution is 7.89. The minimum Gasteiger partial charge on any atom is -0.320 e. The second kappa shape index (κ2) is 9.13. The molecule has 0 radical (unpaired) electrons. The van der Waals surface area contributed by atoms with Gasteiger partial charge in [-0.3, -0.25) is 9.36 Å². The molecule has 3 aromatic rings. The molecule has 1 aromatic heterocycles. The maximum absolute atomic E-state index is 12.9. The van der Waals surface area contributed by atoms with Gasteiger partial charge in [0, 0.05) is 30.5 Å². The summed E-state index contributed by atoms with van der Waals surface area (Å²) in [5.41, 5.74) is 1.76. The number of benzene rings is 2. The number of carbonyl (C=O) groups is 1. The number of sulfonamides is 1. The van der Waals surface area contributed by atoms with E-state index in [0.717, 1.165) is 25.7 Å². The van der Waals surface area contributed by atoms with E-state index in [4.69, 9.17) is 0 Å². The summed E-state index contributed by atoms with van der Waals surface area (Å²) in [6, 6.07) is 13.0. The van der Waals surface area contributed by atoms with Gasteiger partial charge >= 0.3 is 5.69 Å². The normalized spacial score (nSPS) is 15.3. The lowest BCUT2D eigenvalue weighted by molar-refractivity contribution is 0.102. The molecule has 1 aliphatic heterocycles. The van der Waals surface area contributed by atoms with Gasteiger partial charge in [0.05, 0.1) is 16.3 Å². The second-order valence-corrected chi connectivity index (χ2v) is 9.82. The van der Waals surface area contributed by atoms with Crippen LogP contribution in [0.3, 0.4) is 0 Å². The van der Waals surface area contributed by atoms with E-state index in [1.165, 1.54) is 33.1 Å². The summed E-state index contributed by atoms with van der Waals surface area (Å²) in [4.78, 5) is 27.8. The number of hydrogen-bond donors (Lipinski definition) is 2. The van der Waals surface area contributed by atoms with Gasteiger partial charge in [-0.25, -0.2) is 13.2 Å². The van der Waals surface area contributed by atoms with Crippen LogP contribution >= 0.6 is 0 Å². The molecule has 32 heavy (non-hydrogen) atoms. The average Bonchev–Trinajstić information content (AvgIpc) is 2.98. The Morgan fingerprint density at radius 1 is 0.969 bits per heavy atom. The molecular weight excluding hydrogens is 428 g/mol. The van der Waals surface area contributed by atoms with E-state index in [1.54, 1.807) is 37.4 Å². The Balaban J connectivity index is 1.55. The van der Waals surface area contributed by atoms with Crippen LogP contribution in [0.4, 0.5) is 5.69 Å². The Kier molecular flexibility index (Phi) is 6.29. The van der Waals surface area contributed by atoms with E-state index in [1.807, 2.05) is 0 Å². The molecule has 4 rings (SSSR count). The summed E-state index contributed by atoms with van der Waals surface area (Å²) in [6.45, 7) is 2.85. The molecule has 1 amide bonds. The lowest BCUT2D eigenvalue weighted by Crippen LogP contribution is -2.31. The summed E-state index contributed by atoms with van der Waals surface area (Å²) in [6.07, 6.45) is 5.41. The van der Waals surface area contributed by atoms with Crippen LogP contribution in [0, 0.1) is 6.92 Å². The number of nitrogens with zero attached hydrogens (tertiary/aromatic N) is 2. The molecule has 0 unspecified atom stereocenters. The van der Waals surface area contributed by atoms with Gasteiger partial charge in [-0.1, -0.05) is 25.0 Å². The number of hydrogen-bond acceptors (Lipinski definition) is 4. The Bertz CT molecular complexity index is 1270. The van der Waals surface area contributed by atoms with Gasteiger partial charge in [-0.15, -0.1) is 0 Å². The van der Waals surface area contributed by atoms with E-state index in [-0.39, 0.29) is 10.6 Å². The molecule has 1 fully saturated rings. The Labute approximate surface area is 186 Å². The van der Waals surface area contributed by atoms with E-state index >= 15 is 0 Å². The molecule has 0 atom stereocenters. The number of amides is 1. The van der Waals surface area contributed by atoms with E-state index in [2.05, 4.69) is 10.3 Å². The smallest absolute Gasteiger partial charge is 0.320 e. The second-order valence-electron chi connectivity index (χ2n) is 7.88. The summed E-state index contributed by atoms with van der Waals surface area (Å²) >= 11 is 0. The molecule has 1 saturated heterocycles. The summed E-state index contributed by atoms with van der Waals surface area (Å²) in [5.74, 6) is -0.391. The Hall–Kier alpha value is -3.17. The molecule has 0 saturated carbocycles. The lowest BCUT2D eigenvalue weighted by Gasteiger charge is -2.20. The third kappa shape index (κ3) is 4.39. The predicted molar refractivity (Wildman–Crippen MR) is 123 cm³/mol. The first-order valence-corrected chi connectivity index (χ1v) is 12.1. The quantitative estimate of drug-likeness (QED) is 0.617. The molecule has 2 aromatic carbocycles. The van der Waals surface area contributed by atoms with Gasteiger partial charge in [-0.05, 0) is 56.2 Å². The number of rotatable bonds is 5. The van der Waals surface area contributed by atoms with Crippen molar-refractivity contribution in [2.45, 2.75) is 37.5 Å². The van der Waals surface area contributed by atoms with Crippen molar-refractivity contribution in [2.75, 3.05) is 18.4 Å². The maximum Gasteiger partial charge on any atom is 0.330 e. The number of nitrogens with one attached hydrogen (secondary N) is 2. The fourth-order valence-electron chi connectivity index (χ4n) is 3.93. The highest BCUT2D eigenvalue weighted by atomic mass is 32.2. The predicted octanol–water partition coefficient (Wildman–Crippen LogP) is 3.29. The zero-order valence-corrected chi connectivity index (χ0v) is 18.7. The van der Waals surface area contributed by atoms with Gasteiger partial charge in [-0.2, -0.15) is 4.31 Å². The van der Waals surface area contributed by atoms with E-state index in [0.29, 0.717) is 35.7 Å². The number of H-pyrrole nitrogens is 1. The molecule has 8 nitrogen and oxygen atoms in total. The first-order valence-electron chi connectivity index (χ1n) is 10.7. The van der Waals surface area contributed by atoms with Crippen LogP contribution in [0.25, 0.3) is 5.69 Å². The number of aryl methyl sites for hydroxylation is 1. The maximum atomic E-state index is 12.9. The molecule has 0 aliphatic carbocycles. The SMILES string of the molecule is Cc1c[nH]c(=O)n1-c1ccccc1NC(=O)c1ccc(S(=O)(=O)N2CCCCCC2)cc1. The van der Waals surface area contributed by atoms with Crippen LogP contribution in [-0.4, -0.2) is 41.3 Å². The van der Waals surface area contributed by atoms with Crippen LogP contribution in [0.2, 0.25) is 0 Å². The molecule has 2 N–H and O–H groups in total. The Morgan fingerprint density at radius 3 is 2.25 bits per heavy atom. The van der Waals surface area contributed by atoms with Crippen molar-refractivity contribution < 1.29 is 13.2 Å². The summed E-state index contributed by atoms with van der Waals surface area (Å²) < 4.78 is 28.9. The summed E-state index contributed by atoms with van der Waals surface area (Å²) in [5, 5.41) is 2.83. The highest BCUT2D eigenvalue weighted by Gasteiger charge is 2.25. The molecule has 1 aliphatic rings. The van der Waals surface area contributed by atoms with Crippen molar-refractivity contribution in [3.8, 4) is 5.69 Å². The number of aromatic amines is 1. The van der Waals surface area contributed by atoms with Crippen LogP contribution in [0.15, 0.2) is 64.4 Å². The number of para-hydroxylation sites is 2. The van der Waals surface area contributed by atoms with Crippen LogP contribution in [0.5, 0.6) is 0 Å². The van der Waals surface area contributed by atoms with Gasteiger partial charge in [0.25, 0.3) is 5.91 Å². The number of carbonyl (C=O) groups excluding carboxylic acids is 1. The van der Waals surface area contributed by atoms with Crippen molar-refractivity contribution in [3.63, 3.8) is 0 Å². The van der Waals surface area contributed by atoms with Gasteiger partial charge in [0.2, 0.25) is 10.0 Å². The van der Waals surface area contributed by atoms with Gasteiger partial charge in [0.15, 0.2) is 0 Å². The van der Waals surface area contributed by atoms with Crippen LogP contribution in [0.1, 0.15) is 41.7 Å². The molecule has 168 valence electrons. The minimum atomic E-state index is -3.57. The standard InChI is InChI=1S/C23H26N4O4S/c1-17-16-24-23(29)27(17)21-9-5-4-8-20(21)25-22(28)18-10-12-19(13-11-18)32(30,31)26-14-6-2-3-7-15-26/h4-5,8-13,16H,2-3,6-7,14-15H2,1H3,(H,24,29)(H,25,28). The third-order valence-electron chi connectivity index (χ3n) is 5.67.